The van der Waals surface area contributed by atoms with Gasteiger partial charge in [0.25, 0.3) is 11.6 Å². The second-order valence-electron chi connectivity index (χ2n) is 9.43. The molecule has 2 aliphatic heterocycles. The van der Waals surface area contributed by atoms with Crippen molar-refractivity contribution in [3.63, 3.8) is 0 Å². The topological polar surface area (TPSA) is 136 Å². The number of benzene rings is 2. The first-order chi connectivity index (χ1) is 17.3. The van der Waals surface area contributed by atoms with Crippen LogP contribution >= 0.6 is 0 Å². The smallest absolute Gasteiger partial charge is 0.274 e. The van der Waals surface area contributed by atoms with E-state index in [2.05, 4.69) is 0 Å². The van der Waals surface area contributed by atoms with Crippen molar-refractivity contribution < 1.29 is 28.5 Å². The Balaban J connectivity index is 1.50. The van der Waals surface area contributed by atoms with Crippen molar-refractivity contribution in [2.75, 3.05) is 0 Å². The van der Waals surface area contributed by atoms with Crippen LogP contribution in [0.3, 0.4) is 0 Å². The number of hydrogen-bond donors (Lipinski definition) is 1. The molecule has 2 aromatic carbocycles. The number of primary amides is 1. The van der Waals surface area contributed by atoms with Crippen LogP contribution in [0.5, 0.6) is 0 Å². The van der Waals surface area contributed by atoms with Crippen molar-refractivity contribution in [3.8, 4) is 0 Å². The minimum absolute atomic E-state index is 0.0202. The first kappa shape index (κ1) is 24.0. The number of hydroxylamine groups is 2. The fraction of sp³-hybridized carbons (Fsp3) is 0.400. The number of rotatable bonds is 6. The van der Waals surface area contributed by atoms with Crippen LogP contribution in [0.2, 0.25) is 0 Å². The number of carbonyl (C=O) groups is 3. The lowest BCUT2D eigenvalue weighted by molar-refractivity contribution is -0.386. The Morgan fingerprint density at radius 2 is 1.78 bits per heavy atom. The number of amides is 3. The number of nitrogens with two attached hydrogens (primary N) is 1. The lowest BCUT2D eigenvalue weighted by atomic mass is 9.90. The molecule has 0 aromatic heterocycles. The molecular formula is C25H25FN4O6. The molecule has 2 N–H and O–H groups in total. The van der Waals surface area contributed by atoms with Crippen LogP contribution in [-0.4, -0.2) is 44.8 Å². The van der Waals surface area contributed by atoms with E-state index in [4.69, 9.17) is 10.6 Å². The Morgan fingerprint density at radius 3 is 2.42 bits per heavy atom. The van der Waals surface area contributed by atoms with Crippen LogP contribution in [0.15, 0.2) is 42.5 Å². The zero-order valence-corrected chi connectivity index (χ0v) is 19.3. The molecule has 5 rings (SSSR count). The summed E-state index contributed by atoms with van der Waals surface area (Å²) in [6.07, 6.45) is 3.38. The van der Waals surface area contributed by atoms with Gasteiger partial charge < -0.3 is 5.73 Å². The predicted molar refractivity (Wildman–Crippen MR) is 123 cm³/mol. The van der Waals surface area contributed by atoms with E-state index < -0.39 is 40.6 Å². The van der Waals surface area contributed by atoms with Crippen LogP contribution in [0.1, 0.15) is 59.6 Å². The maximum Gasteiger partial charge on any atom is 0.274 e. The maximum absolute atomic E-state index is 13.7. The minimum Gasteiger partial charge on any atom is -0.366 e. The van der Waals surface area contributed by atoms with Gasteiger partial charge in [-0.25, -0.2) is 4.39 Å². The van der Waals surface area contributed by atoms with Gasteiger partial charge >= 0.3 is 0 Å². The van der Waals surface area contributed by atoms with E-state index >= 15 is 0 Å². The number of imide groups is 1. The number of nitro groups is 1. The highest BCUT2D eigenvalue weighted by Gasteiger charge is 2.60. The third-order valence-corrected chi connectivity index (χ3v) is 7.27. The number of halogens is 1. The molecule has 2 heterocycles. The third kappa shape index (κ3) is 4.14. The molecule has 0 bridgehead atoms. The number of carbonyl (C=O) groups excluding carboxylic acids is 3. The Kier molecular flexibility index (Phi) is 6.27. The first-order valence-electron chi connectivity index (χ1n) is 11.9. The Morgan fingerprint density at radius 1 is 1.08 bits per heavy atom. The molecule has 1 saturated carbocycles. The quantitative estimate of drug-likeness (QED) is 0.369. The molecule has 188 valence electrons. The molecule has 3 atom stereocenters. The SMILES string of the molecule is NC(=O)c1ccc(CN2OC3C(=O)N(C4CCCCC4)C(=O)C3C2c2ccc(F)cc2)c([N+](=O)[O-])c1. The number of nitrogens with zero attached hydrogens (tertiary/aromatic N) is 3. The third-order valence-electron chi connectivity index (χ3n) is 7.27. The van der Waals surface area contributed by atoms with Crippen LogP contribution in [0.25, 0.3) is 0 Å². The van der Waals surface area contributed by atoms with Gasteiger partial charge in [-0.1, -0.05) is 31.4 Å². The van der Waals surface area contributed by atoms with Crippen molar-refractivity contribution in [1.82, 2.24) is 9.96 Å². The number of fused-ring (bicyclic) bond motifs is 1. The van der Waals surface area contributed by atoms with Crippen molar-refractivity contribution in [2.24, 2.45) is 11.7 Å². The summed E-state index contributed by atoms with van der Waals surface area (Å²) in [5.41, 5.74) is 5.66. The van der Waals surface area contributed by atoms with Gasteiger partial charge in [0.05, 0.1) is 23.4 Å². The maximum atomic E-state index is 13.7. The van der Waals surface area contributed by atoms with Gasteiger partial charge in [0.1, 0.15) is 5.82 Å². The lowest BCUT2D eigenvalue weighted by Gasteiger charge is -2.32. The lowest BCUT2D eigenvalue weighted by Crippen LogP contribution is -2.44. The van der Waals surface area contributed by atoms with E-state index in [-0.39, 0.29) is 35.3 Å². The Bertz CT molecular complexity index is 1230. The summed E-state index contributed by atoms with van der Waals surface area (Å²) in [5.74, 6) is -2.89. The fourth-order valence-electron chi connectivity index (χ4n) is 5.55. The summed E-state index contributed by atoms with van der Waals surface area (Å²) in [6.45, 7) is -0.144. The van der Waals surface area contributed by atoms with Gasteiger partial charge in [-0.05, 0) is 42.7 Å². The molecule has 3 unspecified atom stereocenters. The molecule has 3 aliphatic rings. The van der Waals surface area contributed by atoms with Crippen LogP contribution in [0, 0.1) is 21.8 Å². The molecule has 3 amide bonds. The summed E-state index contributed by atoms with van der Waals surface area (Å²) in [4.78, 5) is 56.9. The summed E-state index contributed by atoms with van der Waals surface area (Å²) in [6, 6.07) is 8.46. The van der Waals surface area contributed by atoms with E-state index in [9.17, 15) is 28.9 Å². The average Bonchev–Trinajstić information content (AvgIpc) is 3.34. The normalized spacial score (nSPS) is 24.8. The molecule has 2 saturated heterocycles. The first-order valence-corrected chi connectivity index (χ1v) is 11.9. The summed E-state index contributed by atoms with van der Waals surface area (Å²) < 4.78 is 13.7. The second-order valence-corrected chi connectivity index (χ2v) is 9.43. The highest BCUT2D eigenvalue weighted by molar-refractivity contribution is 6.07. The van der Waals surface area contributed by atoms with E-state index in [1.165, 1.54) is 46.4 Å². The van der Waals surface area contributed by atoms with Crippen molar-refractivity contribution in [1.29, 1.82) is 0 Å². The molecule has 11 heteroatoms. The number of likely N-dealkylation sites (tertiary alicyclic amines) is 1. The molecule has 0 radical (unpaired) electrons. The summed E-state index contributed by atoms with van der Waals surface area (Å²) >= 11 is 0. The van der Waals surface area contributed by atoms with Crippen LogP contribution < -0.4 is 5.73 Å². The largest absolute Gasteiger partial charge is 0.366 e. The molecule has 0 spiro atoms. The predicted octanol–water partition coefficient (Wildman–Crippen LogP) is 3.01. The Labute approximate surface area is 205 Å². The van der Waals surface area contributed by atoms with E-state index in [1.807, 2.05) is 0 Å². The molecule has 36 heavy (non-hydrogen) atoms. The minimum atomic E-state index is -1.07. The second kappa shape index (κ2) is 9.40. The molecule has 1 aliphatic carbocycles. The van der Waals surface area contributed by atoms with E-state index in [1.54, 1.807) is 0 Å². The zero-order chi connectivity index (χ0) is 25.6. The van der Waals surface area contributed by atoms with Crippen LogP contribution in [-0.2, 0) is 21.0 Å². The summed E-state index contributed by atoms with van der Waals surface area (Å²) in [7, 11) is 0. The highest BCUT2D eigenvalue weighted by Crippen LogP contribution is 2.47. The molecule has 10 nitrogen and oxygen atoms in total. The van der Waals surface area contributed by atoms with Crippen molar-refractivity contribution in [3.05, 3.63) is 75.1 Å². The molecule has 2 aromatic rings. The van der Waals surface area contributed by atoms with Gasteiger partial charge in [-0.15, -0.1) is 0 Å². The highest BCUT2D eigenvalue weighted by atomic mass is 19.1. The van der Waals surface area contributed by atoms with Crippen LogP contribution in [0.4, 0.5) is 10.1 Å². The van der Waals surface area contributed by atoms with Crippen molar-refractivity contribution in [2.45, 2.75) is 56.8 Å². The van der Waals surface area contributed by atoms with Gasteiger partial charge in [-0.2, -0.15) is 5.06 Å². The van der Waals surface area contributed by atoms with Crippen molar-refractivity contribution >= 4 is 23.4 Å². The van der Waals surface area contributed by atoms with Gasteiger partial charge in [0.2, 0.25) is 11.8 Å². The number of hydrogen-bond acceptors (Lipinski definition) is 7. The fourth-order valence-corrected chi connectivity index (χ4v) is 5.55. The Hall–Kier alpha value is -3.70. The van der Waals surface area contributed by atoms with Gasteiger partial charge in [-0.3, -0.25) is 34.2 Å². The zero-order valence-electron chi connectivity index (χ0n) is 19.3. The average molecular weight is 496 g/mol. The summed E-state index contributed by atoms with van der Waals surface area (Å²) in [5, 5.41) is 13.1. The van der Waals surface area contributed by atoms with Gasteiger partial charge in [0.15, 0.2) is 6.10 Å². The molecular weight excluding hydrogens is 471 g/mol. The van der Waals surface area contributed by atoms with Gasteiger partial charge in [0, 0.05) is 23.2 Å². The number of nitro benzene ring substituents is 1. The van der Waals surface area contributed by atoms with E-state index in [0.717, 1.165) is 38.2 Å². The standard InChI is InChI=1S/C25H25FN4O6/c26-17-10-8-14(9-11-17)21-20-22(25(33)29(24(20)32)18-4-2-1-3-5-18)36-28(21)13-16-7-6-15(23(27)31)12-19(16)30(34)35/h6-12,18,20-22H,1-5,13H2,(H2,27,31). The van der Waals surface area contributed by atoms with E-state index in [0.29, 0.717) is 5.56 Å². The molecule has 3 fully saturated rings. The monoisotopic (exact) mass is 496 g/mol.